The van der Waals surface area contributed by atoms with Crippen LogP contribution >= 0.6 is 0 Å². The molecule has 1 atom stereocenters. The minimum absolute atomic E-state index is 0.0704. The van der Waals surface area contributed by atoms with Crippen LogP contribution in [-0.2, 0) is 4.79 Å². The summed E-state index contributed by atoms with van der Waals surface area (Å²) in [5.74, 6) is 1.25. The van der Waals surface area contributed by atoms with Crippen LogP contribution < -0.4 is 15.2 Å². The quantitative estimate of drug-likeness (QED) is 0.870. The molecule has 7 heteroatoms. The number of ether oxygens (including phenoxy) is 2. The summed E-state index contributed by atoms with van der Waals surface area (Å²) < 4.78 is 10.8. The third kappa shape index (κ3) is 2.34. The van der Waals surface area contributed by atoms with Gasteiger partial charge in [-0.05, 0) is 30.5 Å². The average molecular weight is 352 g/mol. The van der Waals surface area contributed by atoms with E-state index in [0.717, 1.165) is 24.1 Å². The van der Waals surface area contributed by atoms with Crippen LogP contribution in [0.3, 0.4) is 0 Å². The maximum atomic E-state index is 12.9. The summed E-state index contributed by atoms with van der Waals surface area (Å²) in [7, 11) is 3.71. The highest BCUT2D eigenvalue weighted by Crippen LogP contribution is 2.46. The Hall–Kier alpha value is -2.98. The van der Waals surface area contributed by atoms with Crippen molar-refractivity contribution in [1.29, 1.82) is 5.26 Å². The first-order valence-corrected chi connectivity index (χ1v) is 8.55. The molecule has 2 N–H and O–H groups in total. The summed E-state index contributed by atoms with van der Waals surface area (Å²) in [5, 5.41) is 13.4. The standard InChI is InChI=1S/C19H20N4O3/c1-22(2)23-13-4-3-5-14(24)18(13)17(12(9-20)19(23)21)11-6-7-15-16(8-11)26-10-25-15/h6-8,17H,3-5,10,21H2,1-2H3/t17-/m1/s1. The summed E-state index contributed by atoms with van der Waals surface area (Å²) in [6, 6.07) is 7.77. The highest BCUT2D eigenvalue weighted by atomic mass is 16.7. The Morgan fingerprint density at radius 1 is 1.27 bits per heavy atom. The summed E-state index contributed by atoms with van der Waals surface area (Å²) in [6.07, 6.45) is 2.02. The van der Waals surface area contributed by atoms with E-state index in [4.69, 9.17) is 15.2 Å². The molecule has 1 aromatic carbocycles. The maximum Gasteiger partial charge on any atom is 0.231 e. The number of carbonyl (C=O) groups excluding carboxylic acids is 1. The van der Waals surface area contributed by atoms with Crippen molar-refractivity contribution in [1.82, 2.24) is 10.0 Å². The number of nitriles is 1. The summed E-state index contributed by atoms with van der Waals surface area (Å²) in [5.41, 5.74) is 9.11. The predicted octanol–water partition coefficient (Wildman–Crippen LogP) is 1.99. The van der Waals surface area contributed by atoms with Gasteiger partial charge in [-0.25, -0.2) is 5.01 Å². The van der Waals surface area contributed by atoms with Gasteiger partial charge in [0.05, 0.1) is 17.6 Å². The lowest BCUT2D eigenvalue weighted by Gasteiger charge is -2.42. The Balaban J connectivity index is 1.92. The molecule has 0 unspecified atom stereocenters. The van der Waals surface area contributed by atoms with Crippen LogP contribution in [0.15, 0.2) is 40.9 Å². The minimum Gasteiger partial charge on any atom is -0.454 e. The lowest BCUT2D eigenvalue weighted by molar-refractivity contribution is -0.116. The number of carbonyl (C=O) groups is 1. The van der Waals surface area contributed by atoms with E-state index in [1.165, 1.54) is 0 Å². The predicted molar refractivity (Wildman–Crippen MR) is 93.5 cm³/mol. The molecule has 2 aliphatic heterocycles. The van der Waals surface area contributed by atoms with E-state index in [-0.39, 0.29) is 12.6 Å². The Morgan fingerprint density at radius 3 is 2.77 bits per heavy atom. The molecule has 26 heavy (non-hydrogen) atoms. The number of hydrogen-bond donors (Lipinski definition) is 1. The molecule has 1 aromatic rings. The van der Waals surface area contributed by atoms with Gasteiger partial charge < -0.3 is 15.2 Å². The van der Waals surface area contributed by atoms with Crippen molar-refractivity contribution in [2.45, 2.75) is 25.2 Å². The number of hydrogen-bond acceptors (Lipinski definition) is 7. The second-order valence-corrected chi connectivity index (χ2v) is 6.75. The molecule has 0 saturated carbocycles. The van der Waals surface area contributed by atoms with Crippen LogP contribution in [0.2, 0.25) is 0 Å². The third-order valence-corrected chi connectivity index (χ3v) is 5.02. The van der Waals surface area contributed by atoms with Crippen molar-refractivity contribution < 1.29 is 14.3 Å². The molecule has 4 rings (SSSR count). The molecule has 3 aliphatic rings. The molecule has 0 radical (unpaired) electrons. The van der Waals surface area contributed by atoms with Crippen molar-refractivity contribution >= 4 is 5.78 Å². The smallest absolute Gasteiger partial charge is 0.231 e. The molecule has 0 fully saturated rings. The molecule has 2 heterocycles. The monoisotopic (exact) mass is 352 g/mol. The number of nitrogens with two attached hydrogens (primary N) is 1. The average Bonchev–Trinajstić information content (AvgIpc) is 3.08. The van der Waals surface area contributed by atoms with Gasteiger partial charge in [-0.2, -0.15) is 5.26 Å². The fourth-order valence-corrected chi connectivity index (χ4v) is 3.95. The van der Waals surface area contributed by atoms with Gasteiger partial charge in [-0.3, -0.25) is 9.80 Å². The number of benzene rings is 1. The first-order chi connectivity index (χ1) is 12.5. The zero-order chi connectivity index (χ0) is 18.4. The first-order valence-electron chi connectivity index (χ1n) is 8.55. The lowest BCUT2D eigenvalue weighted by Crippen LogP contribution is -2.45. The van der Waals surface area contributed by atoms with Crippen LogP contribution in [0, 0.1) is 11.3 Å². The lowest BCUT2D eigenvalue weighted by atomic mass is 9.76. The molecule has 134 valence electrons. The number of rotatable bonds is 2. The van der Waals surface area contributed by atoms with Crippen molar-refractivity contribution in [2.24, 2.45) is 5.73 Å². The Morgan fingerprint density at radius 2 is 2.04 bits per heavy atom. The number of allylic oxidation sites excluding steroid dienone is 3. The normalized spacial score (nSPS) is 22.0. The minimum atomic E-state index is -0.478. The van der Waals surface area contributed by atoms with Gasteiger partial charge in [-0.15, -0.1) is 0 Å². The SMILES string of the molecule is CN(C)N1C(N)=C(C#N)[C@@H](c2ccc3c(c2)OCO3)C2=C1CCCC2=O. The fourth-order valence-electron chi connectivity index (χ4n) is 3.95. The van der Waals surface area contributed by atoms with Crippen molar-refractivity contribution in [3.63, 3.8) is 0 Å². The van der Waals surface area contributed by atoms with Gasteiger partial charge in [0.2, 0.25) is 6.79 Å². The van der Waals surface area contributed by atoms with Crippen molar-refractivity contribution in [3.05, 3.63) is 46.4 Å². The molecule has 0 bridgehead atoms. The second kappa shape index (κ2) is 6.07. The highest BCUT2D eigenvalue weighted by Gasteiger charge is 2.40. The number of fused-ring (bicyclic) bond motifs is 1. The van der Waals surface area contributed by atoms with Gasteiger partial charge >= 0.3 is 0 Å². The first kappa shape index (κ1) is 16.5. The zero-order valence-electron chi connectivity index (χ0n) is 14.8. The maximum absolute atomic E-state index is 12.9. The van der Waals surface area contributed by atoms with Crippen molar-refractivity contribution in [3.8, 4) is 17.6 Å². The summed E-state index contributed by atoms with van der Waals surface area (Å²) in [6.45, 7) is 0.174. The topological polar surface area (TPSA) is 91.8 Å². The molecule has 1 aliphatic carbocycles. The molecule has 0 saturated heterocycles. The van der Waals surface area contributed by atoms with Crippen LogP contribution in [0.5, 0.6) is 11.5 Å². The van der Waals surface area contributed by atoms with E-state index in [1.807, 2.05) is 37.3 Å². The van der Waals surface area contributed by atoms with Gasteiger partial charge in [0, 0.05) is 31.8 Å². The molecule has 0 spiro atoms. The van der Waals surface area contributed by atoms with E-state index < -0.39 is 5.92 Å². The highest BCUT2D eigenvalue weighted by molar-refractivity contribution is 5.99. The molecule has 0 amide bonds. The Labute approximate surface area is 151 Å². The Bertz CT molecular complexity index is 895. The number of hydrazine groups is 1. The van der Waals surface area contributed by atoms with E-state index in [2.05, 4.69) is 6.07 Å². The molecule has 0 aromatic heterocycles. The number of nitrogens with zero attached hydrogens (tertiary/aromatic N) is 3. The summed E-state index contributed by atoms with van der Waals surface area (Å²) in [4.78, 5) is 12.9. The number of Topliss-reactive ketones (excluding diaryl/α,β-unsaturated/α-hetero) is 1. The Kier molecular flexibility index (Phi) is 3.85. The van der Waals surface area contributed by atoms with Crippen molar-refractivity contribution in [2.75, 3.05) is 20.9 Å². The van der Waals surface area contributed by atoms with Crippen LogP contribution in [-0.4, -0.2) is 36.7 Å². The zero-order valence-corrected chi connectivity index (χ0v) is 14.8. The van der Waals surface area contributed by atoms with Crippen LogP contribution in [0.4, 0.5) is 0 Å². The summed E-state index contributed by atoms with van der Waals surface area (Å²) >= 11 is 0. The molecule has 7 nitrogen and oxygen atoms in total. The second-order valence-electron chi connectivity index (χ2n) is 6.75. The number of ketones is 1. The molecular weight excluding hydrogens is 332 g/mol. The van der Waals surface area contributed by atoms with E-state index in [1.54, 1.807) is 5.01 Å². The van der Waals surface area contributed by atoms with Gasteiger partial charge in [0.25, 0.3) is 0 Å². The van der Waals surface area contributed by atoms with E-state index >= 15 is 0 Å². The van der Waals surface area contributed by atoms with Crippen LogP contribution in [0.1, 0.15) is 30.7 Å². The van der Waals surface area contributed by atoms with Crippen LogP contribution in [0.25, 0.3) is 0 Å². The van der Waals surface area contributed by atoms with Gasteiger partial charge in [0.15, 0.2) is 17.3 Å². The van der Waals surface area contributed by atoms with E-state index in [9.17, 15) is 10.1 Å². The largest absolute Gasteiger partial charge is 0.454 e. The third-order valence-electron chi connectivity index (χ3n) is 5.02. The van der Waals surface area contributed by atoms with Gasteiger partial charge in [0.1, 0.15) is 5.82 Å². The molecular formula is C19H20N4O3. The van der Waals surface area contributed by atoms with Gasteiger partial charge in [-0.1, -0.05) is 6.07 Å². The van der Waals surface area contributed by atoms with E-state index in [0.29, 0.717) is 34.9 Å². The fraction of sp³-hybridized carbons (Fsp3) is 0.368.